The predicted octanol–water partition coefficient (Wildman–Crippen LogP) is 7.07. The van der Waals surface area contributed by atoms with E-state index in [0.29, 0.717) is 22.9 Å². The molecule has 1 saturated heterocycles. The van der Waals surface area contributed by atoms with Crippen LogP contribution in [0.25, 0.3) is 17.3 Å². The minimum atomic E-state index is 0.0938. The molecule has 2 aromatic rings. The Morgan fingerprint density at radius 3 is 2.42 bits per heavy atom. The second-order valence-corrected chi connectivity index (χ2v) is 13.2. The van der Waals surface area contributed by atoms with Crippen LogP contribution in [0.1, 0.15) is 62.6 Å². The van der Waals surface area contributed by atoms with Crippen LogP contribution in [0.4, 0.5) is 0 Å². The fraction of sp³-hybridized carbons (Fsp3) is 0.517. The van der Waals surface area contributed by atoms with Gasteiger partial charge in [-0.05, 0) is 110 Å². The third kappa shape index (κ3) is 4.70. The standard InChI is InChI=1S/C29H33ClN2O2S2/c30-23-7-5-19(6-8-23)24-15-20(4-2-1-3-9-33)25(31-24)16-26-28(34)32(29(35)36-26)27-21-11-17-10-18(13-21)14-22(27)12-17/h5-8,15-18,21-22,27,31,33H,1-4,9-14H2. The number of aryl methyl sites for hydroxylation is 1. The maximum Gasteiger partial charge on any atom is 0.266 e. The summed E-state index contributed by atoms with van der Waals surface area (Å²) in [7, 11) is 0. The molecule has 1 aliphatic heterocycles. The molecule has 0 unspecified atom stereocenters. The summed E-state index contributed by atoms with van der Waals surface area (Å²) in [6, 6.07) is 10.3. The Balaban J connectivity index is 1.27. The van der Waals surface area contributed by atoms with Crippen LogP contribution in [0, 0.1) is 23.7 Å². The van der Waals surface area contributed by atoms with E-state index >= 15 is 0 Å². The number of amides is 1. The van der Waals surface area contributed by atoms with Gasteiger partial charge in [0, 0.05) is 29.1 Å². The minimum absolute atomic E-state index is 0.0938. The van der Waals surface area contributed by atoms with Crippen molar-refractivity contribution in [3.05, 3.63) is 51.5 Å². The lowest BCUT2D eigenvalue weighted by Gasteiger charge is -2.56. The van der Waals surface area contributed by atoms with Gasteiger partial charge in [-0.1, -0.05) is 54.1 Å². The third-order valence-electron chi connectivity index (χ3n) is 8.77. The maximum absolute atomic E-state index is 13.8. The van der Waals surface area contributed by atoms with E-state index in [9.17, 15) is 4.79 Å². The molecule has 4 nitrogen and oxygen atoms in total. The molecule has 0 spiro atoms. The Bertz CT molecular complexity index is 1160. The first-order valence-electron chi connectivity index (χ1n) is 13.4. The first-order chi connectivity index (χ1) is 17.5. The van der Waals surface area contributed by atoms with Crippen LogP contribution in [-0.4, -0.2) is 37.9 Å². The number of aliphatic hydroxyl groups is 1. The topological polar surface area (TPSA) is 56.3 Å². The number of H-pyrrole nitrogens is 1. The highest BCUT2D eigenvalue weighted by molar-refractivity contribution is 8.26. The largest absolute Gasteiger partial charge is 0.396 e. The molecule has 1 aromatic carbocycles. The Morgan fingerprint density at radius 1 is 1.06 bits per heavy atom. The number of carbonyl (C=O) groups excluding carboxylic acids is 1. The Hall–Kier alpha value is -1.60. The smallest absolute Gasteiger partial charge is 0.266 e. The van der Waals surface area contributed by atoms with Gasteiger partial charge < -0.3 is 10.1 Å². The van der Waals surface area contributed by atoms with Gasteiger partial charge in [-0.3, -0.25) is 9.69 Å². The summed E-state index contributed by atoms with van der Waals surface area (Å²) in [5.41, 5.74) is 4.26. The molecule has 4 bridgehead atoms. The molecule has 2 N–H and O–H groups in total. The first-order valence-corrected chi connectivity index (χ1v) is 15.0. The fourth-order valence-corrected chi connectivity index (χ4v) is 8.88. The van der Waals surface area contributed by atoms with Crippen molar-refractivity contribution in [3.8, 4) is 11.3 Å². The lowest BCUT2D eigenvalue weighted by Crippen LogP contribution is -2.57. The number of unbranched alkanes of at least 4 members (excludes halogenated alkanes) is 2. The van der Waals surface area contributed by atoms with Crippen LogP contribution < -0.4 is 0 Å². The number of aromatic amines is 1. The highest BCUT2D eigenvalue weighted by Crippen LogP contribution is 2.56. The zero-order valence-corrected chi connectivity index (χ0v) is 22.8. The van der Waals surface area contributed by atoms with E-state index in [1.54, 1.807) is 0 Å². The van der Waals surface area contributed by atoms with Crippen molar-refractivity contribution in [1.29, 1.82) is 0 Å². The van der Waals surface area contributed by atoms with E-state index in [1.165, 1.54) is 49.4 Å². The molecule has 4 saturated carbocycles. The number of carbonyl (C=O) groups is 1. The molecule has 5 aliphatic rings. The van der Waals surface area contributed by atoms with Crippen molar-refractivity contribution in [2.24, 2.45) is 23.7 Å². The van der Waals surface area contributed by atoms with E-state index in [2.05, 4.69) is 11.1 Å². The highest BCUT2D eigenvalue weighted by Gasteiger charge is 2.53. The lowest BCUT2D eigenvalue weighted by molar-refractivity contribution is -0.130. The van der Waals surface area contributed by atoms with Crippen LogP contribution in [-0.2, 0) is 11.2 Å². The Kier molecular flexibility index (Phi) is 7.06. The van der Waals surface area contributed by atoms with Crippen LogP contribution >= 0.6 is 35.6 Å². The molecule has 0 atom stereocenters. The molecule has 190 valence electrons. The predicted molar refractivity (Wildman–Crippen MR) is 152 cm³/mol. The van der Waals surface area contributed by atoms with E-state index in [-0.39, 0.29) is 12.5 Å². The summed E-state index contributed by atoms with van der Waals surface area (Å²) in [6.45, 7) is 0.225. The molecule has 5 fully saturated rings. The Labute approximate surface area is 227 Å². The summed E-state index contributed by atoms with van der Waals surface area (Å²) in [4.78, 5) is 20.1. The van der Waals surface area contributed by atoms with Gasteiger partial charge in [-0.15, -0.1) is 0 Å². The molecule has 7 heteroatoms. The van der Waals surface area contributed by atoms with Crippen molar-refractivity contribution < 1.29 is 9.90 Å². The van der Waals surface area contributed by atoms with Gasteiger partial charge in [0.2, 0.25) is 0 Å². The molecular weight excluding hydrogens is 508 g/mol. The number of nitrogens with zero attached hydrogens (tertiary/aromatic N) is 1. The van der Waals surface area contributed by atoms with Gasteiger partial charge >= 0.3 is 0 Å². The zero-order chi connectivity index (χ0) is 24.8. The van der Waals surface area contributed by atoms with Crippen LogP contribution in [0.2, 0.25) is 5.02 Å². The van der Waals surface area contributed by atoms with Gasteiger partial charge in [0.15, 0.2) is 0 Å². The average Bonchev–Trinajstić information content (AvgIpc) is 3.37. The summed E-state index contributed by atoms with van der Waals surface area (Å²) >= 11 is 13.4. The van der Waals surface area contributed by atoms with Gasteiger partial charge in [0.05, 0.1) is 4.91 Å². The number of hydrogen-bond donors (Lipinski definition) is 2. The van der Waals surface area contributed by atoms with Crippen LogP contribution in [0.5, 0.6) is 0 Å². The zero-order valence-electron chi connectivity index (χ0n) is 20.4. The van der Waals surface area contributed by atoms with E-state index in [0.717, 1.165) is 63.7 Å². The number of halogens is 1. The minimum Gasteiger partial charge on any atom is -0.396 e. The van der Waals surface area contributed by atoms with Crippen LogP contribution in [0.15, 0.2) is 35.2 Å². The van der Waals surface area contributed by atoms with Crippen LogP contribution in [0.3, 0.4) is 0 Å². The molecule has 36 heavy (non-hydrogen) atoms. The monoisotopic (exact) mass is 540 g/mol. The van der Waals surface area contributed by atoms with Crippen molar-refractivity contribution in [1.82, 2.24) is 9.88 Å². The van der Waals surface area contributed by atoms with E-state index < -0.39 is 0 Å². The van der Waals surface area contributed by atoms with Gasteiger partial charge in [-0.2, -0.15) is 0 Å². The maximum atomic E-state index is 13.8. The normalized spacial score (nSPS) is 30.2. The summed E-state index contributed by atoms with van der Waals surface area (Å²) in [5.74, 6) is 3.07. The molecule has 0 radical (unpaired) electrons. The third-order valence-corrected chi connectivity index (χ3v) is 10.3. The number of rotatable bonds is 8. The lowest BCUT2D eigenvalue weighted by atomic mass is 9.54. The van der Waals surface area contributed by atoms with Gasteiger partial charge in [0.1, 0.15) is 4.32 Å². The molecule has 2 heterocycles. The molecule has 1 amide bonds. The SMILES string of the molecule is O=C1C(=Cc2[nH]c(-c3ccc(Cl)cc3)cc2CCCCCO)SC(=S)N1C1C2CC3CC(C2)CC1C3. The second kappa shape index (κ2) is 10.3. The number of nitrogens with one attached hydrogen (secondary N) is 1. The van der Waals surface area contributed by atoms with Crippen molar-refractivity contribution in [3.63, 3.8) is 0 Å². The molecular formula is C29H33ClN2O2S2. The van der Waals surface area contributed by atoms with Crippen molar-refractivity contribution >= 4 is 51.9 Å². The van der Waals surface area contributed by atoms with Crippen molar-refractivity contribution in [2.75, 3.05) is 6.61 Å². The van der Waals surface area contributed by atoms with Gasteiger partial charge in [-0.25, -0.2) is 0 Å². The van der Waals surface area contributed by atoms with E-state index in [1.807, 2.05) is 35.2 Å². The molecule has 4 aliphatic carbocycles. The summed E-state index contributed by atoms with van der Waals surface area (Å²) in [5, 5.41) is 9.87. The Morgan fingerprint density at radius 2 is 1.75 bits per heavy atom. The number of benzene rings is 1. The number of thiocarbonyl (C=S) groups is 1. The second-order valence-electron chi connectivity index (χ2n) is 11.1. The summed E-state index contributed by atoms with van der Waals surface area (Å²) in [6.07, 6.45) is 12.2. The highest BCUT2D eigenvalue weighted by atomic mass is 35.5. The van der Waals surface area contributed by atoms with E-state index in [4.69, 9.17) is 28.9 Å². The fourth-order valence-electron chi connectivity index (χ4n) is 7.42. The summed E-state index contributed by atoms with van der Waals surface area (Å²) < 4.78 is 0.734. The van der Waals surface area contributed by atoms with Crippen molar-refractivity contribution in [2.45, 2.75) is 63.8 Å². The number of thioether (sulfide) groups is 1. The number of hydrogen-bond acceptors (Lipinski definition) is 4. The first kappa shape index (κ1) is 24.7. The average molecular weight is 541 g/mol. The van der Waals surface area contributed by atoms with Gasteiger partial charge in [0.25, 0.3) is 5.91 Å². The molecule has 1 aromatic heterocycles. The quantitative estimate of drug-likeness (QED) is 0.214. The molecule has 7 rings (SSSR count). The number of aromatic nitrogens is 1. The number of aliphatic hydroxyl groups excluding tert-OH is 1.